The number of likely N-dealkylation sites (tertiary alicyclic amines) is 1. The number of alkyl halides is 1. The second kappa shape index (κ2) is 14.6. The molecule has 2 atom stereocenters. The molecule has 1 aliphatic heterocycles. The van der Waals surface area contributed by atoms with Crippen LogP contribution in [0.2, 0.25) is 0 Å². The molecule has 9 nitrogen and oxygen atoms in total. The van der Waals surface area contributed by atoms with E-state index in [4.69, 9.17) is 16.3 Å². The summed E-state index contributed by atoms with van der Waals surface area (Å²) in [5, 5.41) is 5.41. The number of nitrogens with zero attached hydrogens (tertiary/aromatic N) is 1. The lowest BCUT2D eigenvalue weighted by atomic mass is 9.76. The highest BCUT2D eigenvalue weighted by Crippen LogP contribution is 2.42. The number of nitrogens with one attached hydrogen (secondary N) is 2. The van der Waals surface area contributed by atoms with Crippen molar-refractivity contribution >= 4 is 46.7 Å². The molecule has 2 aromatic rings. The van der Waals surface area contributed by atoms with Crippen molar-refractivity contribution in [1.82, 2.24) is 10.2 Å². The predicted octanol–water partition coefficient (Wildman–Crippen LogP) is 7.29. The average molecular weight is 696 g/mol. The molecule has 2 aromatic carbocycles. The number of carbonyl (C=O) groups excluding carboxylic acids is 5. The van der Waals surface area contributed by atoms with Crippen molar-refractivity contribution < 1.29 is 28.7 Å². The molecule has 0 aromatic heterocycles. The van der Waals surface area contributed by atoms with Gasteiger partial charge in [-0.2, -0.15) is 0 Å². The highest BCUT2D eigenvalue weighted by molar-refractivity contribution is 6.50. The van der Waals surface area contributed by atoms with Crippen molar-refractivity contribution in [1.29, 1.82) is 0 Å². The number of imide groups is 1. The van der Waals surface area contributed by atoms with E-state index in [1.54, 1.807) is 44.2 Å². The van der Waals surface area contributed by atoms with Crippen LogP contribution in [0.3, 0.4) is 0 Å². The van der Waals surface area contributed by atoms with E-state index in [9.17, 15) is 24.0 Å². The fourth-order valence-electron chi connectivity index (χ4n) is 5.71. The Morgan fingerprint density at radius 3 is 2.02 bits per heavy atom. The first-order chi connectivity index (χ1) is 22.6. The Bertz CT molecular complexity index is 1580. The quantitative estimate of drug-likeness (QED) is 0.0874. The van der Waals surface area contributed by atoms with Gasteiger partial charge in [-0.25, -0.2) is 4.90 Å². The molecule has 2 unspecified atom stereocenters. The van der Waals surface area contributed by atoms with Gasteiger partial charge in [-0.3, -0.25) is 24.0 Å². The lowest BCUT2D eigenvalue weighted by Crippen LogP contribution is -2.64. The number of amides is 4. The van der Waals surface area contributed by atoms with Crippen LogP contribution in [0, 0.1) is 10.8 Å². The van der Waals surface area contributed by atoms with Crippen molar-refractivity contribution in [2.24, 2.45) is 10.8 Å². The van der Waals surface area contributed by atoms with Crippen LogP contribution in [-0.2, 0) is 34.8 Å². The fourth-order valence-corrected chi connectivity index (χ4v) is 6.18. The van der Waals surface area contributed by atoms with Gasteiger partial charge in [0.15, 0.2) is 11.9 Å². The Hall–Kier alpha value is -3.72. The van der Waals surface area contributed by atoms with Crippen molar-refractivity contribution in [2.45, 2.75) is 124 Å². The Morgan fingerprint density at radius 1 is 0.918 bits per heavy atom. The summed E-state index contributed by atoms with van der Waals surface area (Å²) < 4.78 is 6.39. The summed E-state index contributed by atoms with van der Waals surface area (Å²) >= 11 is 6.92. The number of halogens is 1. The molecule has 1 saturated heterocycles. The molecule has 49 heavy (non-hydrogen) atoms. The third-order valence-corrected chi connectivity index (χ3v) is 10.6. The minimum absolute atomic E-state index is 0.0353. The number of anilines is 1. The maximum Gasteiger partial charge on any atom is 0.274 e. The van der Waals surface area contributed by atoms with Crippen LogP contribution in [0.5, 0.6) is 5.75 Å². The fraction of sp³-hybridized carbons (Fsp3) is 0.564. The maximum absolute atomic E-state index is 14.4. The molecule has 2 N–H and O–H groups in total. The van der Waals surface area contributed by atoms with Gasteiger partial charge in [0.1, 0.15) is 5.75 Å². The highest BCUT2D eigenvalue weighted by Gasteiger charge is 2.63. The van der Waals surface area contributed by atoms with Gasteiger partial charge in [-0.1, -0.05) is 118 Å². The van der Waals surface area contributed by atoms with Crippen LogP contribution in [-0.4, -0.2) is 52.0 Å². The number of Topliss-reactive ketones (excluding diaryl/α,β-unsaturated/α-hetero) is 1. The predicted molar refractivity (Wildman–Crippen MR) is 193 cm³/mol. The van der Waals surface area contributed by atoms with Crippen molar-refractivity contribution in [3.8, 4) is 5.75 Å². The summed E-state index contributed by atoms with van der Waals surface area (Å²) in [5.74, 6) is -3.26. The zero-order valence-corrected chi connectivity index (χ0v) is 31.8. The molecule has 0 bridgehead atoms. The number of ketones is 1. The number of carbonyl (C=O) groups is 5. The summed E-state index contributed by atoms with van der Waals surface area (Å²) in [7, 11) is 0. The lowest BCUT2D eigenvalue weighted by Gasteiger charge is -2.38. The van der Waals surface area contributed by atoms with Crippen LogP contribution in [0.1, 0.15) is 113 Å². The largest absolute Gasteiger partial charge is 0.480 e. The molecule has 3 rings (SSSR count). The average Bonchev–Trinajstić information content (AvgIpc) is 3.27. The first-order valence-corrected chi connectivity index (χ1v) is 17.5. The minimum Gasteiger partial charge on any atom is -0.480 e. The van der Waals surface area contributed by atoms with Gasteiger partial charge in [0.25, 0.3) is 16.8 Å². The summed E-state index contributed by atoms with van der Waals surface area (Å²) in [6, 6.07) is 14.5. The number of benzene rings is 2. The van der Waals surface area contributed by atoms with Gasteiger partial charge in [0, 0.05) is 29.6 Å². The molecule has 4 amide bonds. The Balaban J connectivity index is 1.91. The zero-order chi connectivity index (χ0) is 37.2. The third kappa shape index (κ3) is 8.19. The molecule has 1 heterocycles. The Labute approximate surface area is 296 Å². The van der Waals surface area contributed by atoms with Crippen LogP contribution < -0.4 is 15.4 Å². The number of hydrogen-bond acceptors (Lipinski definition) is 6. The van der Waals surface area contributed by atoms with Gasteiger partial charge >= 0.3 is 0 Å². The first kappa shape index (κ1) is 39.7. The van der Waals surface area contributed by atoms with E-state index in [1.807, 2.05) is 19.1 Å². The lowest BCUT2D eigenvalue weighted by molar-refractivity contribution is -0.157. The van der Waals surface area contributed by atoms with E-state index in [1.165, 1.54) is 19.4 Å². The number of ether oxygens (including phenoxy) is 1. The summed E-state index contributed by atoms with van der Waals surface area (Å²) in [4.78, 5) is 66.4. The maximum atomic E-state index is 14.4. The standard InChI is InChI=1S/C39H54ClN3O6/c1-12-28(49-29-21-20-25(35(4,5)13-2)22-27(29)36(6,7)14-3)31(45)41-24-38(10,11)32(46)39(40,33(47)42-26-18-16-15-17-19-26)43-30(44)23-37(8,9)34(43)48/h15-22,28H,12-14,23-24H2,1-11H3,(H,41,45)(H,42,47). The van der Waals surface area contributed by atoms with E-state index < -0.39 is 51.3 Å². The highest BCUT2D eigenvalue weighted by atomic mass is 35.5. The number of para-hydroxylation sites is 1. The smallest absolute Gasteiger partial charge is 0.274 e. The normalized spacial score (nSPS) is 16.9. The molecule has 268 valence electrons. The van der Waals surface area contributed by atoms with Crippen LogP contribution >= 0.6 is 11.6 Å². The molecule has 0 spiro atoms. The Kier molecular flexibility index (Phi) is 11.9. The summed E-state index contributed by atoms with van der Waals surface area (Å²) in [5.41, 5.74) is -0.391. The summed E-state index contributed by atoms with van der Waals surface area (Å²) in [6.07, 6.45) is 1.07. The van der Waals surface area contributed by atoms with Gasteiger partial charge in [-0.05, 0) is 53.9 Å². The monoisotopic (exact) mass is 695 g/mol. The Morgan fingerprint density at radius 2 is 1.51 bits per heavy atom. The van der Waals surface area contributed by atoms with Crippen molar-refractivity contribution in [3.63, 3.8) is 0 Å². The van der Waals surface area contributed by atoms with E-state index >= 15 is 0 Å². The molecule has 0 radical (unpaired) electrons. The second-order valence-electron chi connectivity index (χ2n) is 15.7. The van der Waals surface area contributed by atoms with E-state index in [2.05, 4.69) is 58.2 Å². The second-order valence-corrected chi connectivity index (χ2v) is 16.2. The number of rotatable bonds is 15. The van der Waals surface area contributed by atoms with E-state index in [0.29, 0.717) is 22.8 Å². The van der Waals surface area contributed by atoms with E-state index in [0.717, 1.165) is 18.4 Å². The van der Waals surface area contributed by atoms with Crippen LogP contribution in [0.4, 0.5) is 5.69 Å². The van der Waals surface area contributed by atoms with E-state index in [-0.39, 0.29) is 23.8 Å². The summed E-state index contributed by atoms with van der Waals surface area (Å²) in [6.45, 7) is 20.7. The first-order valence-electron chi connectivity index (χ1n) is 17.2. The molecule has 0 saturated carbocycles. The van der Waals surface area contributed by atoms with Crippen LogP contribution in [0.25, 0.3) is 0 Å². The zero-order valence-electron chi connectivity index (χ0n) is 31.0. The van der Waals surface area contributed by atoms with Gasteiger partial charge in [0.2, 0.25) is 11.8 Å². The minimum atomic E-state index is -2.71. The number of hydrogen-bond donors (Lipinski definition) is 2. The van der Waals surface area contributed by atoms with Crippen LogP contribution in [0.15, 0.2) is 48.5 Å². The topological polar surface area (TPSA) is 122 Å². The molecule has 1 aliphatic rings. The van der Waals surface area contributed by atoms with Gasteiger partial charge in [-0.15, -0.1) is 0 Å². The van der Waals surface area contributed by atoms with Gasteiger partial charge in [0.05, 0.1) is 5.41 Å². The molecular weight excluding hydrogens is 642 g/mol. The molecule has 10 heteroatoms. The SMILES string of the molecule is CCC(Oc1ccc(C(C)(C)CC)cc1C(C)(C)CC)C(=O)NCC(C)(C)C(=O)C(Cl)(C(=O)Nc1ccccc1)N1C(=O)CC(C)(C)C1=O. The third-order valence-electron chi connectivity index (χ3n) is 10.1. The molecular formula is C39H54ClN3O6. The molecule has 0 aliphatic carbocycles. The van der Waals surface area contributed by atoms with Gasteiger partial charge < -0.3 is 15.4 Å². The van der Waals surface area contributed by atoms with Crippen molar-refractivity contribution in [3.05, 3.63) is 59.7 Å². The molecule has 1 fully saturated rings. The van der Waals surface area contributed by atoms with Crippen molar-refractivity contribution in [2.75, 3.05) is 11.9 Å².